The lowest BCUT2D eigenvalue weighted by atomic mass is 10.1. The Bertz CT molecular complexity index is 1260. The summed E-state index contributed by atoms with van der Waals surface area (Å²) in [6.45, 7) is 7.78. The van der Waals surface area contributed by atoms with E-state index in [-0.39, 0.29) is 23.8 Å². The van der Waals surface area contributed by atoms with Crippen LogP contribution in [0.15, 0.2) is 42.7 Å². The smallest absolute Gasteiger partial charge is 0.256 e. The summed E-state index contributed by atoms with van der Waals surface area (Å²) in [7, 11) is 1.79. The molecule has 0 aromatic carbocycles. The molecule has 0 saturated heterocycles. The molecule has 2 N–H and O–H groups in total. The molecule has 0 unspecified atom stereocenters. The highest BCUT2D eigenvalue weighted by molar-refractivity contribution is 6.06. The molecular weight excluding hydrogens is 409 g/mol. The normalized spacial score (nSPS) is 12.3. The van der Waals surface area contributed by atoms with Crippen molar-refractivity contribution in [3.63, 3.8) is 0 Å². The number of amides is 1. The Labute approximate surface area is 185 Å². The Hall–Kier alpha value is -3.75. The number of carbonyl (C=O) groups excluding carboxylic acids is 1. The summed E-state index contributed by atoms with van der Waals surface area (Å²) in [6.07, 6.45) is 2.97. The van der Waals surface area contributed by atoms with Crippen LogP contribution in [-0.2, 0) is 0 Å². The summed E-state index contributed by atoms with van der Waals surface area (Å²) in [5.41, 5.74) is 2.77. The van der Waals surface area contributed by atoms with E-state index >= 15 is 0 Å². The average molecular weight is 436 g/mol. The molecule has 0 radical (unpaired) electrons. The summed E-state index contributed by atoms with van der Waals surface area (Å²) in [5, 5.41) is 11.3. The van der Waals surface area contributed by atoms with Crippen molar-refractivity contribution in [2.24, 2.45) is 0 Å². The highest BCUT2D eigenvalue weighted by Crippen LogP contribution is 2.27. The molecule has 4 rings (SSSR count). The number of hydrogen-bond donors (Lipinski definition) is 2. The fraction of sp³-hybridized carbons (Fsp3) is 0.304. The van der Waals surface area contributed by atoms with Gasteiger partial charge in [-0.2, -0.15) is 5.10 Å². The zero-order valence-electron chi connectivity index (χ0n) is 18.7. The first-order chi connectivity index (χ1) is 15.2. The third-order valence-electron chi connectivity index (χ3n) is 5.47. The number of aromatic nitrogens is 5. The van der Waals surface area contributed by atoms with Crippen molar-refractivity contribution in [2.75, 3.05) is 12.4 Å². The number of nitrogens with one attached hydrogen (secondary N) is 2. The second-order valence-electron chi connectivity index (χ2n) is 8.17. The number of anilines is 1. The number of aromatic amines is 1. The Morgan fingerprint density at radius 2 is 2.00 bits per heavy atom. The van der Waals surface area contributed by atoms with Crippen LogP contribution in [0.2, 0.25) is 0 Å². The summed E-state index contributed by atoms with van der Waals surface area (Å²) in [4.78, 5) is 23.7. The van der Waals surface area contributed by atoms with Gasteiger partial charge in [0.1, 0.15) is 17.3 Å². The fourth-order valence-corrected chi connectivity index (χ4v) is 3.42. The predicted molar refractivity (Wildman–Crippen MR) is 121 cm³/mol. The maximum absolute atomic E-state index is 13.2. The molecule has 0 aliphatic rings. The van der Waals surface area contributed by atoms with Crippen molar-refractivity contribution in [2.45, 2.75) is 39.8 Å². The van der Waals surface area contributed by atoms with E-state index in [1.54, 1.807) is 24.2 Å². The molecule has 0 aliphatic heterocycles. The van der Waals surface area contributed by atoms with Gasteiger partial charge in [0.2, 0.25) is 0 Å². The van der Waals surface area contributed by atoms with Crippen molar-refractivity contribution in [1.29, 1.82) is 0 Å². The van der Waals surface area contributed by atoms with Gasteiger partial charge in [-0.3, -0.25) is 19.4 Å². The van der Waals surface area contributed by atoms with Crippen LogP contribution in [0.25, 0.3) is 16.9 Å². The minimum absolute atomic E-state index is 0.0616. The Morgan fingerprint density at radius 1 is 1.22 bits per heavy atom. The number of H-pyrrole nitrogens is 1. The maximum Gasteiger partial charge on any atom is 0.256 e. The molecular formula is C23H26FN7O. The topological polar surface area (TPSA) is 91.7 Å². The van der Waals surface area contributed by atoms with Gasteiger partial charge in [0.05, 0.1) is 23.5 Å². The predicted octanol–water partition coefficient (Wildman–Crippen LogP) is 4.24. The van der Waals surface area contributed by atoms with Gasteiger partial charge in [-0.1, -0.05) is 0 Å². The van der Waals surface area contributed by atoms with E-state index < -0.39 is 0 Å². The molecule has 0 aliphatic carbocycles. The molecule has 166 valence electrons. The van der Waals surface area contributed by atoms with E-state index in [1.165, 1.54) is 12.3 Å². The van der Waals surface area contributed by atoms with Crippen molar-refractivity contribution >= 4 is 22.8 Å². The van der Waals surface area contributed by atoms with Crippen molar-refractivity contribution in [3.8, 4) is 5.82 Å². The van der Waals surface area contributed by atoms with E-state index in [9.17, 15) is 9.18 Å². The molecule has 9 heteroatoms. The SMILES string of the molecule is Cc1cc(-n2cc(C(=O)N(C)C(C)C)c3ccc(N[C@@H](C)c4ccc(F)cn4)nc32)n[nH]1. The minimum Gasteiger partial charge on any atom is -0.362 e. The zero-order valence-corrected chi connectivity index (χ0v) is 18.7. The summed E-state index contributed by atoms with van der Waals surface area (Å²) < 4.78 is 15.0. The van der Waals surface area contributed by atoms with Crippen LogP contribution in [0.4, 0.5) is 10.2 Å². The molecule has 1 atom stereocenters. The van der Waals surface area contributed by atoms with Crippen LogP contribution >= 0.6 is 0 Å². The molecule has 0 spiro atoms. The molecule has 0 bridgehead atoms. The number of pyridine rings is 2. The highest BCUT2D eigenvalue weighted by atomic mass is 19.1. The molecule has 0 saturated carbocycles. The van der Waals surface area contributed by atoms with Gasteiger partial charge in [-0.05, 0) is 52.0 Å². The van der Waals surface area contributed by atoms with E-state index in [4.69, 9.17) is 4.98 Å². The van der Waals surface area contributed by atoms with Gasteiger partial charge >= 0.3 is 0 Å². The number of halogens is 1. The summed E-state index contributed by atoms with van der Waals surface area (Å²) in [6, 6.07) is 8.50. The Kier molecular flexibility index (Phi) is 5.65. The third-order valence-corrected chi connectivity index (χ3v) is 5.47. The first-order valence-electron chi connectivity index (χ1n) is 10.4. The van der Waals surface area contributed by atoms with Crippen molar-refractivity contribution in [3.05, 3.63) is 65.5 Å². The van der Waals surface area contributed by atoms with E-state index in [0.29, 0.717) is 28.5 Å². The quantitative estimate of drug-likeness (QED) is 0.473. The van der Waals surface area contributed by atoms with Gasteiger partial charge in [-0.15, -0.1) is 0 Å². The number of aryl methyl sites for hydroxylation is 1. The molecule has 0 fully saturated rings. The number of hydrogen-bond acceptors (Lipinski definition) is 5. The highest BCUT2D eigenvalue weighted by Gasteiger charge is 2.22. The van der Waals surface area contributed by atoms with Gasteiger partial charge in [0.15, 0.2) is 5.82 Å². The Balaban J connectivity index is 1.76. The van der Waals surface area contributed by atoms with Crippen LogP contribution in [-0.4, -0.2) is 48.6 Å². The first-order valence-corrected chi connectivity index (χ1v) is 10.4. The maximum atomic E-state index is 13.2. The van der Waals surface area contributed by atoms with Crippen LogP contribution in [0.3, 0.4) is 0 Å². The number of nitrogens with zero attached hydrogens (tertiary/aromatic N) is 5. The lowest BCUT2D eigenvalue weighted by molar-refractivity contribution is 0.0757. The Morgan fingerprint density at radius 3 is 2.62 bits per heavy atom. The second-order valence-corrected chi connectivity index (χ2v) is 8.17. The number of carbonyl (C=O) groups is 1. The largest absolute Gasteiger partial charge is 0.362 e. The molecule has 4 heterocycles. The van der Waals surface area contributed by atoms with Crippen LogP contribution in [0.5, 0.6) is 0 Å². The zero-order chi connectivity index (χ0) is 23.0. The molecule has 4 aromatic rings. The average Bonchev–Trinajstić information content (AvgIpc) is 3.36. The van der Waals surface area contributed by atoms with Crippen LogP contribution < -0.4 is 5.32 Å². The van der Waals surface area contributed by atoms with Gasteiger partial charge in [0.25, 0.3) is 5.91 Å². The minimum atomic E-state index is -0.379. The molecule has 8 nitrogen and oxygen atoms in total. The van der Waals surface area contributed by atoms with Crippen molar-refractivity contribution < 1.29 is 9.18 Å². The third kappa shape index (κ3) is 4.05. The van der Waals surface area contributed by atoms with Crippen LogP contribution in [0.1, 0.15) is 48.6 Å². The molecule has 4 aromatic heterocycles. The standard InChI is InChI=1S/C23H26FN7O/c1-13(2)30(5)23(32)18-12-31(21-10-14(3)28-29-21)22-17(18)7-9-20(27-22)26-15(4)19-8-6-16(24)11-25-19/h6-13,15H,1-5H3,(H,26,27)(H,28,29)/t15-/m0/s1. The monoisotopic (exact) mass is 435 g/mol. The molecule has 32 heavy (non-hydrogen) atoms. The fourth-order valence-electron chi connectivity index (χ4n) is 3.42. The second kappa shape index (κ2) is 8.41. The summed E-state index contributed by atoms with van der Waals surface area (Å²) in [5.74, 6) is 0.800. The van der Waals surface area contributed by atoms with Gasteiger partial charge < -0.3 is 10.2 Å². The van der Waals surface area contributed by atoms with E-state index in [0.717, 1.165) is 11.1 Å². The van der Waals surface area contributed by atoms with Gasteiger partial charge in [-0.25, -0.2) is 9.37 Å². The van der Waals surface area contributed by atoms with Crippen molar-refractivity contribution in [1.82, 2.24) is 29.6 Å². The first kappa shape index (κ1) is 21.5. The van der Waals surface area contributed by atoms with E-state index in [2.05, 4.69) is 20.5 Å². The lowest BCUT2D eigenvalue weighted by Crippen LogP contribution is -2.32. The summed E-state index contributed by atoms with van der Waals surface area (Å²) >= 11 is 0. The van der Waals surface area contributed by atoms with Gasteiger partial charge in [0, 0.05) is 36.4 Å². The van der Waals surface area contributed by atoms with Crippen LogP contribution in [0, 0.1) is 12.7 Å². The number of fused-ring (bicyclic) bond motifs is 1. The number of rotatable bonds is 6. The lowest BCUT2D eigenvalue weighted by Gasteiger charge is -2.21. The molecule has 1 amide bonds. The van der Waals surface area contributed by atoms with E-state index in [1.807, 2.05) is 50.5 Å².